The van der Waals surface area contributed by atoms with Gasteiger partial charge in [-0.05, 0) is 31.2 Å². The van der Waals surface area contributed by atoms with Gasteiger partial charge in [0.15, 0.2) is 0 Å². The molecule has 1 atom stereocenters. The number of likely N-dealkylation sites (tertiary alicyclic amines) is 1. The number of rotatable bonds is 4. The SMILES string of the molecule is O=C(Cc1ccn[nH]1)N1CCCC(CCO)C1. The summed E-state index contributed by atoms with van der Waals surface area (Å²) in [7, 11) is 0. The maximum Gasteiger partial charge on any atom is 0.228 e. The number of H-pyrrole nitrogens is 1. The van der Waals surface area contributed by atoms with Crippen LogP contribution in [-0.2, 0) is 11.2 Å². The maximum atomic E-state index is 12.0. The molecule has 5 nitrogen and oxygen atoms in total. The van der Waals surface area contributed by atoms with Gasteiger partial charge in [0.2, 0.25) is 5.91 Å². The van der Waals surface area contributed by atoms with Gasteiger partial charge in [0, 0.05) is 31.6 Å². The number of aromatic nitrogens is 2. The lowest BCUT2D eigenvalue weighted by Crippen LogP contribution is -2.41. The van der Waals surface area contributed by atoms with Crippen LogP contribution in [0.25, 0.3) is 0 Å². The van der Waals surface area contributed by atoms with E-state index < -0.39 is 0 Å². The van der Waals surface area contributed by atoms with E-state index in [9.17, 15) is 4.79 Å². The minimum atomic E-state index is 0.150. The number of carbonyl (C=O) groups excluding carboxylic acids is 1. The Bertz CT molecular complexity index is 349. The predicted molar refractivity (Wildman–Crippen MR) is 63.3 cm³/mol. The number of aromatic amines is 1. The zero-order chi connectivity index (χ0) is 12.1. The summed E-state index contributed by atoms with van der Waals surface area (Å²) in [4.78, 5) is 13.9. The zero-order valence-corrected chi connectivity index (χ0v) is 9.93. The van der Waals surface area contributed by atoms with Crippen LogP contribution >= 0.6 is 0 Å². The number of amides is 1. The summed E-state index contributed by atoms with van der Waals surface area (Å²) in [5.41, 5.74) is 0.860. The summed E-state index contributed by atoms with van der Waals surface area (Å²) >= 11 is 0. The Balaban J connectivity index is 1.86. The Kier molecular flexibility index (Phi) is 4.14. The maximum absolute atomic E-state index is 12.0. The molecule has 1 saturated heterocycles. The summed E-state index contributed by atoms with van der Waals surface area (Å²) in [5, 5.41) is 15.6. The Hall–Kier alpha value is -1.36. The fourth-order valence-corrected chi connectivity index (χ4v) is 2.37. The number of nitrogens with zero attached hydrogens (tertiary/aromatic N) is 2. The largest absolute Gasteiger partial charge is 0.396 e. The molecule has 17 heavy (non-hydrogen) atoms. The van der Waals surface area contributed by atoms with Crippen LogP contribution in [-0.4, -0.2) is 45.8 Å². The second-order valence-corrected chi connectivity index (χ2v) is 4.62. The molecule has 1 aromatic heterocycles. The Morgan fingerprint density at radius 1 is 1.65 bits per heavy atom. The number of piperidine rings is 1. The van der Waals surface area contributed by atoms with E-state index in [1.165, 1.54) is 0 Å². The molecule has 1 aliphatic rings. The number of carbonyl (C=O) groups is 1. The zero-order valence-electron chi connectivity index (χ0n) is 9.93. The molecule has 0 aromatic carbocycles. The molecule has 0 spiro atoms. The molecule has 1 unspecified atom stereocenters. The first-order valence-corrected chi connectivity index (χ1v) is 6.16. The highest BCUT2D eigenvalue weighted by Gasteiger charge is 2.23. The van der Waals surface area contributed by atoms with Gasteiger partial charge in [0.05, 0.1) is 6.42 Å². The van der Waals surface area contributed by atoms with Crippen LogP contribution in [0.2, 0.25) is 0 Å². The number of aliphatic hydroxyl groups is 1. The van der Waals surface area contributed by atoms with Crippen molar-refractivity contribution in [1.29, 1.82) is 0 Å². The third-order valence-electron chi connectivity index (χ3n) is 3.31. The molecule has 1 aliphatic heterocycles. The van der Waals surface area contributed by atoms with Gasteiger partial charge < -0.3 is 10.0 Å². The number of aliphatic hydroxyl groups excluding tert-OH is 1. The van der Waals surface area contributed by atoms with Gasteiger partial charge in [-0.15, -0.1) is 0 Å². The van der Waals surface area contributed by atoms with E-state index in [-0.39, 0.29) is 12.5 Å². The molecule has 0 radical (unpaired) electrons. The van der Waals surface area contributed by atoms with Crippen LogP contribution in [0.5, 0.6) is 0 Å². The average Bonchev–Trinajstić information content (AvgIpc) is 2.83. The summed E-state index contributed by atoms with van der Waals surface area (Å²) in [5.74, 6) is 0.608. The minimum Gasteiger partial charge on any atom is -0.396 e. The first-order valence-electron chi connectivity index (χ1n) is 6.16. The average molecular weight is 237 g/mol. The molecule has 2 rings (SSSR count). The first kappa shape index (κ1) is 12.1. The van der Waals surface area contributed by atoms with Gasteiger partial charge in [-0.1, -0.05) is 0 Å². The molecule has 0 bridgehead atoms. The van der Waals surface area contributed by atoms with E-state index in [2.05, 4.69) is 10.2 Å². The fraction of sp³-hybridized carbons (Fsp3) is 0.667. The lowest BCUT2D eigenvalue weighted by atomic mass is 9.95. The van der Waals surface area contributed by atoms with Crippen molar-refractivity contribution in [2.24, 2.45) is 5.92 Å². The lowest BCUT2D eigenvalue weighted by Gasteiger charge is -2.32. The summed E-state index contributed by atoms with van der Waals surface area (Å²) < 4.78 is 0. The summed E-state index contributed by atoms with van der Waals surface area (Å²) in [6, 6.07) is 1.83. The van der Waals surface area contributed by atoms with E-state index >= 15 is 0 Å². The molecule has 5 heteroatoms. The van der Waals surface area contributed by atoms with Crippen molar-refractivity contribution in [2.45, 2.75) is 25.7 Å². The van der Waals surface area contributed by atoms with Gasteiger partial charge >= 0.3 is 0 Å². The van der Waals surface area contributed by atoms with E-state index in [4.69, 9.17) is 5.11 Å². The minimum absolute atomic E-state index is 0.150. The third kappa shape index (κ3) is 3.30. The van der Waals surface area contributed by atoms with Crippen LogP contribution in [0, 0.1) is 5.92 Å². The van der Waals surface area contributed by atoms with Crippen LogP contribution in [0.15, 0.2) is 12.3 Å². The second kappa shape index (κ2) is 5.82. The van der Waals surface area contributed by atoms with Crippen molar-refractivity contribution in [1.82, 2.24) is 15.1 Å². The van der Waals surface area contributed by atoms with Crippen molar-refractivity contribution in [3.05, 3.63) is 18.0 Å². The van der Waals surface area contributed by atoms with Gasteiger partial charge in [0.1, 0.15) is 0 Å². The monoisotopic (exact) mass is 237 g/mol. The topological polar surface area (TPSA) is 69.2 Å². The number of hydrogen-bond acceptors (Lipinski definition) is 3. The molecule has 1 amide bonds. The molecular weight excluding hydrogens is 218 g/mol. The fourth-order valence-electron chi connectivity index (χ4n) is 2.37. The van der Waals surface area contributed by atoms with Crippen molar-refractivity contribution in [3.63, 3.8) is 0 Å². The van der Waals surface area contributed by atoms with Crippen LogP contribution < -0.4 is 0 Å². The van der Waals surface area contributed by atoms with Gasteiger partial charge in [-0.25, -0.2) is 0 Å². The Labute approximate surface area is 101 Å². The normalized spacial score (nSPS) is 20.5. The van der Waals surface area contributed by atoms with E-state index in [0.29, 0.717) is 12.3 Å². The van der Waals surface area contributed by atoms with Crippen molar-refractivity contribution < 1.29 is 9.90 Å². The van der Waals surface area contributed by atoms with Crippen LogP contribution in [0.4, 0.5) is 0 Å². The standard InChI is InChI=1S/C12H19N3O2/c16-7-4-10-2-1-6-15(9-10)12(17)8-11-3-5-13-14-11/h3,5,10,16H,1-2,4,6-9H2,(H,13,14). The molecule has 94 valence electrons. The molecular formula is C12H19N3O2. The Morgan fingerprint density at radius 3 is 3.24 bits per heavy atom. The van der Waals surface area contributed by atoms with E-state index in [1.54, 1.807) is 6.20 Å². The molecule has 0 saturated carbocycles. The first-order chi connectivity index (χ1) is 8.29. The van der Waals surface area contributed by atoms with Crippen LogP contribution in [0.1, 0.15) is 25.0 Å². The molecule has 1 fully saturated rings. The van der Waals surface area contributed by atoms with Gasteiger partial charge in [-0.2, -0.15) is 5.10 Å². The molecule has 2 heterocycles. The molecule has 1 aromatic rings. The lowest BCUT2D eigenvalue weighted by molar-refractivity contribution is -0.132. The van der Waals surface area contributed by atoms with Crippen molar-refractivity contribution in [3.8, 4) is 0 Å². The van der Waals surface area contributed by atoms with Gasteiger partial charge in [0.25, 0.3) is 0 Å². The highest BCUT2D eigenvalue weighted by molar-refractivity contribution is 5.78. The van der Waals surface area contributed by atoms with Crippen molar-refractivity contribution >= 4 is 5.91 Å². The highest BCUT2D eigenvalue weighted by Crippen LogP contribution is 2.19. The quantitative estimate of drug-likeness (QED) is 0.804. The van der Waals surface area contributed by atoms with E-state index in [0.717, 1.165) is 38.0 Å². The predicted octanol–water partition coefficient (Wildman–Crippen LogP) is 0.573. The smallest absolute Gasteiger partial charge is 0.228 e. The number of nitrogens with one attached hydrogen (secondary N) is 1. The van der Waals surface area contributed by atoms with Gasteiger partial charge in [-0.3, -0.25) is 9.89 Å². The third-order valence-corrected chi connectivity index (χ3v) is 3.31. The summed E-state index contributed by atoms with van der Waals surface area (Å²) in [6.07, 6.45) is 5.01. The molecule has 2 N–H and O–H groups in total. The highest BCUT2D eigenvalue weighted by atomic mass is 16.3. The van der Waals surface area contributed by atoms with Crippen molar-refractivity contribution in [2.75, 3.05) is 19.7 Å². The second-order valence-electron chi connectivity index (χ2n) is 4.62. The Morgan fingerprint density at radius 2 is 2.53 bits per heavy atom. The van der Waals surface area contributed by atoms with E-state index in [1.807, 2.05) is 11.0 Å². The summed E-state index contributed by atoms with van der Waals surface area (Å²) in [6.45, 7) is 1.84. The number of hydrogen-bond donors (Lipinski definition) is 2. The molecule has 0 aliphatic carbocycles. The van der Waals surface area contributed by atoms with Crippen LogP contribution in [0.3, 0.4) is 0 Å².